The van der Waals surface area contributed by atoms with E-state index < -0.39 is 0 Å². The van der Waals surface area contributed by atoms with Crippen molar-refractivity contribution in [2.75, 3.05) is 20.1 Å². The van der Waals surface area contributed by atoms with Crippen LogP contribution in [0.3, 0.4) is 0 Å². The molecule has 0 unspecified atom stereocenters. The van der Waals surface area contributed by atoms with Gasteiger partial charge in [0.15, 0.2) is 0 Å². The Kier molecular flexibility index (Phi) is 1.12. The molecule has 0 saturated carbocycles. The second-order valence-corrected chi connectivity index (χ2v) is 1.56. The second-order valence-electron chi connectivity index (χ2n) is 1.56. The maximum atomic E-state index is 3.07. The van der Waals surface area contributed by atoms with Crippen LogP contribution in [0.4, 0.5) is 0 Å². The van der Waals surface area contributed by atoms with Crippen LogP contribution in [0.15, 0.2) is 0 Å². The highest BCUT2D eigenvalue weighted by Crippen LogP contribution is 1.79. The van der Waals surface area contributed by atoms with Gasteiger partial charge in [0.05, 0.1) is 0 Å². The van der Waals surface area contributed by atoms with E-state index in [0.29, 0.717) is 0 Å². The molecule has 0 aromatic carbocycles. The Labute approximate surface area is 38.8 Å². The smallest absolute Gasteiger partial charge is 0.310 e. The summed E-state index contributed by atoms with van der Waals surface area (Å²) in [5.74, 6) is 0. The number of nitrogens with one attached hydrogen (secondary N) is 1. The molecule has 0 aromatic rings. The number of hydrogen-bond acceptors (Lipinski definition) is 2. The minimum absolute atomic E-state index is 1.11. The molecule has 0 bridgehead atoms. The fraction of sp³-hybridized carbons (Fsp3) is 1.00. The molecule has 0 aliphatic carbocycles. The second kappa shape index (κ2) is 1.62. The Morgan fingerprint density at radius 1 is 1.83 bits per heavy atom. The SMILES string of the molecule is CN1[B]NCC1. The quantitative estimate of drug-likeness (QED) is 0.380. The molecule has 0 aromatic heterocycles. The highest BCUT2D eigenvalue weighted by Gasteiger charge is 2.05. The minimum atomic E-state index is 1.11. The molecule has 1 radical (unpaired) electrons. The first kappa shape index (κ1) is 4.15. The maximum absolute atomic E-state index is 3.07. The van der Waals surface area contributed by atoms with E-state index in [1.165, 1.54) is 0 Å². The van der Waals surface area contributed by atoms with Gasteiger partial charge in [0.2, 0.25) is 0 Å². The first-order chi connectivity index (χ1) is 2.89. The molecule has 0 atom stereocenters. The predicted molar refractivity (Wildman–Crippen MR) is 26.4 cm³/mol. The standard InChI is InChI=1S/C3H8BN2/c1-6-3-2-5-4-6/h5H,2-3H2,1H3. The zero-order valence-corrected chi connectivity index (χ0v) is 3.94. The minimum Gasteiger partial charge on any atom is -0.345 e. The molecule has 2 nitrogen and oxygen atoms in total. The van der Waals surface area contributed by atoms with Crippen LogP contribution in [-0.2, 0) is 0 Å². The van der Waals surface area contributed by atoms with Crippen molar-refractivity contribution < 1.29 is 0 Å². The van der Waals surface area contributed by atoms with E-state index in [0.717, 1.165) is 13.1 Å². The molecule has 1 aliphatic heterocycles. The average molecular weight is 82.9 g/mol. The van der Waals surface area contributed by atoms with Gasteiger partial charge >= 0.3 is 7.55 Å². The largest absolute Gasteiger partial charge is 0.345 e. The molecule has 1 heterocycles. The Morgan fingerprint density at radius 3 is 2.83 bits per heavy atom. The molecule has 0 spiro atoms. The first-order valence-electron chi connectivity index (χ1n) is 2.16. The van der Waals surface area contributed by atoms with Gasteiger partial charge in [-0.3, -0.25) is 0 Å². The summed E-state index contributed by atoms with van der Waals surface area (Å²) >= 11 is 0. The fourth-order valence-corrected chi connectivity index (χ4v) is 0.526. The van der Waals surface area contributed by atoms with Crippen molar-refractivity contribution in [3.05, 3.63) is 0 Å². The van der Waals surface area contributed by atoms with Gasteiger partial charge in [-0.25, -0.2) is 0 Å². The molecule has 1 saturated heterocycles. The van der Waals surface area contributed by atoms with Gasteiger partial charge in [-0.1, -0.05) is 0 Å². The third-order valence-electron chi connectivity index (χ3n) is 0.921. The normalized spacial score (nSPS) is 24.2. The molecule has 6 heavy (non-hydrogen) atoms. The van der Waals surface area contributed by atoms with E-state index in [-0.39, 0.29) is 0 Å². The summed E-state index contributed by atoms with van der Waals surface area (Å²) in [6.07, 6.45) is 0. The first-order valence-corrected chi connectivity index (χ1v) is 2.16. The lowest BCUT2D eigenvalue weighted by Gasteiger charge is -1.98. The highest BCUT2D eigenvalue weighted by molar-refractivity contribution is 6.29. The summed E-state index contributed by atoms with van der Waals surface area (Å²) < 4.78 is 0. The lowest BCUT2D eigenvalue weighted by Crippen LogP contribution is -2.20. The molecule has 33 valence electrons. The van der Waals surface area contributed by atoms with Gasteiger partial charge in [-0.05, 0) is 20.1 Å². The van der Waals surface area contributed by atoms with Gasteiger partial charge in [0.25, 0.3) is 0 Å². The number of nitrogens with zero attached hydrogens (tertiary/aromatic N) is 1. The lowest BCUT2D eigenvalue weighted by molar-refractivity contribution is 0.589. The number of hydrogen-bond donors (Lipinski definition) is 1. The van der Waals surface area contributed by atoms with E-state index in [1.807, 2.05) is 7.55 Å². The summed E-state index contributed by atoms with van der Waals surface area (Å²) in [5.41, 5.74) is 0. The molecule has 1 rings (SSSR count). The van der Waals surface area contributed by atoms with Gasteiger partial charge in [-0.2, -0.15) is 0 Å². The molecule has 1 N–H and O–H groups in total. The van der Waals surface area contributed by atoms with E-state index in [2.05, 4.69) is 17.1 Å². The van der Waals surface area contributed by atoms with Crippen LogP contribution in [0.1, 0.15) is 0 Å². The average Bonchev–Trinajstić information content (AvgIpc) is 1.86. The van der Waals surface area contributed by atoms with Crippen LogP contribution in [-0.4, -0.2) is 32.5 Å². The summed E-state index contributed by atoms with van der Waals surface area (Å²) in [6, 6.07) is 0. The molecule has 3 heteroatoms. The van der Waals surface area contributed by atoms with Crippen molar-refractivity contribution in [1.82, 2.24) is 10.0 Å². The summed E-state index contributed by atoms with van der Waals surface area (Å²) in [4.78, 5) is 2.12. The van der Waals surface area contributed by atoms with Crippen molar-refractivity contribution in [3.63, 3.8) is 0 Å². The molecular weight excluding hydrogens is 74.9 g/mol. The van der Waals surface area contributed by atoms with Crippen molar-refractivity contribution in [2.24, 2.45) is 0 Å². The Balaban J connectivity index is 2.18. The predicted octanol–water partition coefficient (Wildman–Crippen LogP) is -0.944. The van der Waals surface area contributed by atoms with Crippen LogP contribution < -0.4 is 5.23 Å². The van der Waals surface area contributed by atoms with E-state index >= 15 is 0 Å². The third-order valence-corrected chi connectivity index (χ3v) is 0.921. The van der Waals surface area contributed by atoms with Crippen molar-refractivity contribution in [2.45, 2.75) is 0 Å². The summed E-state index contributed by atoms with van der Waals surface area (Å²) in [5, 5.41) is 3.07. The monoisotopic (exact) mass is 83.1 g/mol. The summed E-state index contributed by atoms with van der Waals surface area (Å²) in [6.45, 7) is 2.26. The van der Waals surface area contributed by atoms with Crippen LogP contribution in [0.5, 0.6) is 0 Å². The van der Waals surface area contributed by atoms with Crippen molar-refractivity contribution in [1.29, 1.82) is 0 Å². The van der Waals surface area contributed by atoms with Gasteiger partial charge < -0.3 is 10.0 Å². The Morgan fingerprint density at radius 2 is 2.67 bits per heavy atom. The summed E-state index contributed by atoms with van der Waals surface area (Å²) in [7, 11) is 4.04. The Hall–Kier alpha value is -0.0151. The van der Waals surface area contributed by atoms with Crippen LogP contribution >= 0.6 is 0 Å². The van der Waals surface area contributed by atoms with Crippen molar-refractivity contribution in [3.8, 4) is 0 Å². The van der Waals surface area contributed by atoms with Gasteiger partial charge in [0, 0.05) is 0 Å². The van der Waals surface area contributed by atoms with Crippen LogP contribution in [0, 0.1) is 0 Å². The van der Waals surface area contributed by atoms with Crippen LogP contribution in [0.25, 0.3) is 0 Å². The number of likely N-dealkylation sites (N-methyl/N-ethyl adjacent to an activating group) is 1. The van der Waals surface area contributed by atoms with Gasteiger partial charge in [-0.15, -0.1) is 0 Å². The zero-order chi connectivity index (χ0) is 4.41. The molecule has 1 fully saturated rings. The zero-order valence-electron chi connectivity index (χ0n) is 3.94. The van der Waals surface area contributed by atoms with Crippen molar-refractivity contribution >= 4 is 7.55 Å². The molecule has 0 amide bonds. The maximum Gasteiger partial charge on any atom is 0.310 e. The third kappa shape index (κ3) is 0.728. The topological polar surface area (TPSA) is 15.3 Å². The van der Waals surface area contributed by atoms with E-state index in [1.54, 1.807) is 0 Å². The molecular formula is C3H8BN2. The van der Waals surface area contributed by atoms with E-state index in [4.69, 9.17) is 0 Å². The van der Waals surface area contributed by atoms with E-state index in [9.17, 15) is 0 Å². The lowest BCUT2D eigenvalue weighted by atomic mass is 10.2. The van der Waals surface area contributed by atoms with Gasteiger partial charge in [0.1, 0.15) is 0 Å². The van der Waals surface area contributed by atoms with Crippen LogP contribution in [0.2, 0.25) is 0 Å². The fourth-order valence-electron chi connectivity index (χ4n) is 0.526. The number of rotatable bonds is 0. The highest BCUT2D eigenvalue weighted by atomic mass is 15.1. The molecule has 1 aliphatic rings. The Bertz CT molecular complexity index is 42.1.